The molecule has 0 radical (unpaired) electrons. The fraction of sp³-hybridized carbons (Fsp3) is 0.455. The van der Waals surface area contributed by atoms with Gasteiger partial charge in [0.2, 0.25) is 5.91 Å². The number of carbonyl (C=O) groups excluding carboxylic acids is 2. The van der Waals surface area contributed by atoms with Gasteiger partial charge in [-0.1, -0.05) is 24.8 Å². The number of nitrogens with two attached hydrogens (primary N) is 1. The normalized spacial score (nSPS) is 17.8. The van der Waals surface area contributed by atoms with Crippen molar-refractivity contribution in [3.05, 3.63) is 44.2 Å². The van der Waals surface area contributed by atoms with E-state index in [9.17, 15) is 9.59 Å². The number of anilines is 1. The number of rotatable bonds is 8. The first-order valence-corrected chi connectivity index (χ1v) is 13.5. The Bertz CT molecular complexity index is 1150. The molecule has 3 aromatic heterocycles. The molecule has 7 nitrogen and oxygen atoms in total. The summed E-state index contributed by atoms with van der Waals surface area (Å²) in [5, 5.41) is 15.2. The lowest BCUT2D eigenvalue weighted by Gasteiger charge is -2.18. The molecule has 3 N–H and O–H groups in total. The summed E-state index contributed by atoms with van der Waals surface area (Å²) in [6.45, 7) is 2.21. The Morgan fingerprint density at radius 2 is 2.16 bits per heavy atom. The third-order valence-corrected chi connectivity index (χ3v) is 8.89. The summed E-state index contributed by atoms with van der Waals surface area (Å²) >= 11 is 4.60. The van der Waals surface area contributed by atoms with Crippen molar-refractivity contribution in [1.29, 1.82) is 0 Å². The largest absolute Gasteiger partial charge is 0.365 e. The molecule has 5 rings (SSSR count). The van der Waals surface area contributed by atoms with Crippen molar-refractivity contribution < 1.29 is 9.59 Å². The van der Waals surface area contributed by atoms with Gasteiger partial charge in [0.25, 0.3) is 5.91 Å². The van der Waals surface area contributed by atoms with E-state index >= 15 is 0 Å². The fourth-order valence-corrected chi connectivity index (χ4v) is 7.15. The van der Waals surface area contributed by atoms with Crippen LogP contribution >= 0.6 is 34.4 Å². The molecule has 1 atom stereocenters. The van der Waals surface area contributed by atoms with Crippen LogP contribution in [0, 0.1) is 5.92 Å². The summed E-state index contributed by atoms with van der Waals surface area (Å²) in [6.07, 6.45) is 5.82. The van der Waals surface area contributed by atoms with Gasteiger partial charge in [-0.05, 0) is 55.0 Å². The summed E-state index contributed by atoms with van der Waals surface area (Å²) in [5.41, 5.74) is 7.19. The van der Waals surface area contributed by atoms with Crippen LogP contribution in [0.25, 0.3) is 0 Å². The first-order chi connectivity index (χ1) is 15.5. The van der Waals surface area contributed by atoms with E-state index in [1.807, 2.05) is 6.07 Å². The lowest BCUT2D eigenvalue weighted by molar-refractivity contribution is -0.113. The minimum Gasteiger partial charge on any atom is -0.365 e. The number of nitrogens with zero attached hydrogens (tertiary/aromatic N) is 3. The molecule has 2 aliphatic carbocycles. The van der Waals surface area contributed by atoms with Crippen molar-refractivity contribution in [1.82, 2.24) is 14.8 Å². The van der Waals surface area contributed by atoms with Gasteiger partial charge < -0.3 is 15.6 Å². The number of hydrogen-bond acceptors (Lipinski definition) is 7. The standard InChI is InChI=1S/C22H25N5O2S3/c1-12-4-7-15-16(9-12)32-21(19(15)20(23)29)24-18(28)11-31-22-26-25-17(27(22)13-5-6-13)10-14-3-2-8-30-14/h2-3,8,12-13H,4-7,9-11H2,1H3,(H2,23,29)(H,24,28)/t12-/m1/s1. The van der Waals surface area contributed by atoms with Crippen LogP contribution < -0.4 is 11.1 Å². The molecule has 32 heavy (non-hydrogen) atoms. The van der Waals surface area contributed by atoms with Crippen molar-refractivity contribution in [3.8, 4) is 0 Å². The number of fused-ring (bicyclic) bond motifs is 1. The zero-order chi connectivity index (χ0) is 22.2. The van der Waals surface area contributed by atoms with Crippen molar-refractivity contribution >= 4 is 51.3 Å². The average Bonchev–Trinajstić information content (AvgIpc) is 3.15. The lowest BCUT2D eigenvalue weighted by Crippen LogP contribution is -2.20. The van der Waals surface area contributed by atoms with Crippen LogP contribution in [0.4, 0.5) is 5.00 Å². The summed E-state index contributed by atoms with van der Waals surface area (Å²) in [5.74, 6) is 1.12. The third-order valence-electron chi connectivity index (χ3n) is 5.90. The molecule has 0 aromatic carbocycles. The number of thiophene rings is 2. The molecule has 10 heteroatoms. The minimum absolute atomic E-state index is 0.158. The second-order valence-electron chi connectivity index (χ2n) is 8.51. The van der Waals surface area contributed by atoms with Gasteiger partial charge in [-0.2, -0.15) is 0 Å². The van der Waals surface area contributed by atoms with E-state index in [-0.39, 0.29) is 11.7 Å². The molecular weight excluding hydrogens is 462 g/mol. The number of nitrogens with one attached hydrogen (secondary N) is 1. The van der Waals surface area contributed by atoms with Gasteiger partial charge in [-0.3, -0.25) is 9.59 Å². The third kappa shape index (κ3) is 4.49. The van der Waals surface area contributed by atoms with Crippen LogP contribution in [0.5, 0.6) is 0 Å². The Labute approximate surface area is 198 Å². The monoisotopic (exact) mass is 487 g/mol. The van der Waals surface area contributed by atoms with E-state index in [0.717, 1.165) is 55.1 Å². The maximum Gasteiger partial charge on any atom is 0.251 e. The maximum absolute atomic E-state index is 12.8. The van der Waals surface area contributed by atoms with Crippen LogP contribution in [0.15, 0.2) is 22.7 Å². The zero-order valence-electron chi connectivity index (χ0n) is 17.8. The van der Waals surface area contributed by atoms with Gasteiger partial charge in [0, 0.05) is 22.2 Å². The summed E-state index contributed by atoms with van der Waals surface area (Å²) in [4.78, 5) is 27.3. The number of aromatic nitrogens is 3. The maximum atomic E-state index is 12.8. The molecule has 168 valence electrons. The molecule has 3 heterocycles. The van der Waals surface area contributed by atoms with E-state index in [0.29, 0.717) is 22.5 Å². The topological polar surface area (TPSA) is 103 Å². The Morgan fingerprint density at radius 1 is 1.31 bits per heavy atom. The van der Waals surface area contributed by atoms with Crippen molar-refractivity contribution in [3.63, 3.8) is 0 Å². The Morgan fingerprint density at radius 3 is 2.88 bits per heavy atom. The van der Waals surface area contributed by atoms with Crippen LogP contribution in [0.1, 0.15) is 63.7 Å². The van der Waals surface area contributed by atoms with Gasteiger partial charge in [0.1, 0.15) is 10.8 Å². The SMILES string of the molecule is C[C@@H]1CCc2c(sc(NC(=O)CSc3nnc(Cc4cccs4)n3C3CC3)c2C(N)=O)C1. The molecule has 0 bridgehead atoms. The Hall–Kier alpha value is -2.17. The van der Waals surface area contributed by atoms with Crippen molar-refractivity contribution in [2.24, 2.45) is 11.7 Å². The van der Waals surface area contributed by atoms with Crippen LogP contribution in [0.2, 0.25) is 0 Å². The molecule has 0 spiro atoms. The van der Waals surface area contributed by atoms with Crippen molar-refractivity contribution in [2.45, 2.75) is 56.6 Å². The molecular formula is C22H25N5O2S3. The van der Waals surface area contributed by atoms with E-state index in [1.165, 1.54) is 32.9 Å². The highest BCUT2D eigenvalue weighted by Gasteiger charge is 2.30. The molecule has 3 aromatic rings. The first-order valence-electron chi connectivity index (χ1n) is 10.8. The number of amides is 2. The molecule has 2 aliphatic rings. The van der Waals surface area contributed by atoms with Crippen LogP contribution in [-0.4, -0.2) is 32.3 Å². The lowest BCUT2D eigenvalue weighted by atomic mass is 9.88. The van der Waals surface area contributed by atoms with Gasteiger partial charge in [0.15, 0.2) is 5.16 Å². The highest BCUT2D eigenvalue weighted by Crippen LogP contribution is 2.41. The molecule has 0 saturated heterocycles. The van der Waals surface area contributed by atoms with E-state index < -0.39 is 5.91 Å². The van der Waals surface area contributed by atoms with E-state index in [4.69, 9.17) is 5.73 Å². The second kappa shape index (κ2) is 8.99. The minimum atomic E-state index is -0.466. The predicted molar refractivity (Wildman–Crippen MR) is 129 cm³/mol. The van der Waals surface area contributed by atoms with Gasteiger partial charge in [-0.15, -0.1) is 32.9 Å². The molecule has 2 amide bonds. The summed E-state index contributed by atoms with van der Waals surface area (Å²) < 4.78 is 2.19. The Balaban J connectivity index is 1.28. The Kier molecular flexibility index (Phi) is 6.09. The van der Waals surface area contributed by atoms with Crippen LogP contribution in [0.3, 0.4) is 0 Å². The average molecular weight is 488 g/mol. The molecule has 1 saturated carbocycles. The molecule has 1 fully saturated rings. The first kappa shape index (κ1) is 21.7. The zero-order valence-corrected chi connectivity index (χ0v) is 20.2. The summed E-state index contributed by atoms with van der Waals surface area (Å²) in [7, 11) is 0. The predicted octanol–water partition coefficient (Wildman–Crippen LogP) is 4.28. The summed E-state index contributed by atoms with van der Waals surface area (Å²) in [6, 6.07) is 4.58. The number of thioether (sulfide) groups is 1. The smallest absolute Gasteiger partial charge is 0.251 e. The van der Waals surface area contributed by atoms with E-state index in [1.54, 1.807) is 11.3 Å². The van der Waals surface area contributed by atoms with Gasteiger partial charge in [-0.25, -0.2) is 0 Å². The molecule has 0 unspecified atom stereocenters. The van der Waals surface area contributed by atoms with Crippen LogP contribution in [-0.2, 0) is 24.1 Å². The number of hydrogen-bond donors (Lipinski definition) is 2. The van der Waals surface area contributed by atoms with E-state index in [2.05, 4.69) is 38.5 Å². The molecule has 0 aliphatic heterocycles. The quantitative estimate of drug-likeness (QED) is 0.462. The second-order valence-corrected chi connectivity index (χ2v) is 11.6. The van der Waals surface area contributed by atoms with Gasteiger partial charge >= 0.3 is 0 Å². The highest BCUT2D eigenvalue weighted by atomic mass is 32.2. The fourth-order valence-electron chi connectivity index (χ4n) is 4.19. The van der Waals surface area contributed by atoms with Crippen molar-refractivity contribution in [2.75, 3.05) is 11.1 Å². The number of carbonyl (C=O) groups is 2. The number of primary amides is 1. The van der Waals surface area contributed by atoms with Gasteiger partial charge in [0.05, 0.1) is 11.3 Å². The highest BCUT2D eigenvalue weighted by molar-refractivity contribution is 7.99.